The first-order chi connectivity index (χ1) is 6.01. The van der Waals surface area contributed by atoms with Crippen LogP contribution in [0.15, 0.2) is 6.20 Å². The third-order valence-electron chi connectivity index (χ3n) is 1.13. The number of hydrogen-bond donors (Lipinski definition) is 0. The van der Waals surface area contributed by atoms with Crippen molar-refractivity contribution in [3.05, 3.63) is 11.9 Å². The average molecular weight is 317 g/mol. The normalized spacial score (nSPS) is 11.8. The summed E-state index contributed by atoms with van der Waals surface area (Å²) < 4.78 is 28.0. The molecule has 0 aliphatic carbocycles. The van der Waals surface area contributed by atoms with Crippen molar-refractivity contribution >= 4 is 32.7 Å². The molecule has 0 spiro atoms. The Morgan fingerprint density at radius 2 is 2.38 bits per heavy atom. The minimum absolute atomic E-state index is 0.0600. The van der Waals surface area contributed by atoms with Crippen molar-refractivity contribution in [2.24, 2.45) is 0 Å². The summed E-state index contributed by atoms with van der Waals surface area (Å²) in [6.45, 7) is -0.0600. The monoisotopic (exact) mass is 317 g/mol. The van der Waals surface area contributed by atoms with Gasteiger partial charge in [-0.2, -0.15) is 8.42 Å². The van der Waals surface area contributed by atoms with Gasteiger partial charge in [0.1, 0.15) is 12.3 Å². The molecular formula is C5H8IN3O3S. The fourth-order valence-corrected chi connectivity index (χ4v) is 1.30. The van der Waals surface area contributed by atoms with Crippen LogP contribution in [0.5, 0.6) is 0 Å². The minimum atomic E-state index is -3.40. The van der Waals surface area contributed by atoms with Gasteiger partial charge in [0.2, 0.25) is 0 Å². The number of nitrogens with zero attached hydrogens (tertiary/aromatic N) is 3. The molecule has 1 heterocycles. The fraction of sp³-hybridized carbons (Fsp3) is 0.600. The molecule has 0 saturated carbocycles. The van der Waals surface area contributed by atoms with Crippen LogP contribution in [-0.4, -0.2) is 29.7 Å². The maximum Gasteiger partial charge on any atom is 0.264 e. The van der Waals surface area contributed by atoms with Gasteiger partial charge in [-0.15, -0.1) is 5.10 Å². The van der Waals surface area contributed by atoms with Gasteiger partial charge in [0.05, 0.1) is 17.0 Å². The van der Waals surface area contributed by atoms with Crippen molar-refractivity contribution in [2.75, 3.05) is 6.26 Å². The summed E-state index contributed by atoms with van der Waals surface area (Å²) in [5, 5.41) is 7.43. The van der Waals surface area contributed by atoms with Crippen LogP contribution in [0.3, 0.4) is 0 Å². The first-order valence-corrected chi connectivity index (χ1v) is 6.65. The lowest BCUT2D eigenvalue weighted by Crippen LogP contribution is -2.02. The number of alkyl halides is 1. The second kappa shape index (κ2) is 4.33. The Morgan fingerprint density at radius 3 is 2.85 bits per heavy atom. The number of rotatable bonds is 4. The lowest BCUT2D eigenvalue weighted by atomic mass is 10.5. The first kappa shape index (κ1) is 10.9. The highest BCUT2D eigenvalue weighted by molar-refractivity contribution is 14.1. The summed E-state index contributed by atoms with van der Waals surface area (Å²) in [5.74, 6) is 0. The van der Waals surface area contributed by atoms with Gasteiger partial charge in [-0.1, -0.05) is 27.8 Å². The summed E-state index contributed by atoms with van der Waals surface area (Å²) in [7, 11) is -3.40. The molecule has 0 atom stereocenters. The lowest BCUT2D eigenvalue weighted by Gasteiger charge is -1.95. The molecule has 0 saturated heterocycles. The molecule has 1 rings (SSSR count). The van der Waals surface area contributed by atoms with Gasteiger partial charge in [-0.3, -0.25) is 4.18 Å². The van der Waals surface area contributed by atoms with E-state index in [2.05, 4.69) is 37.1 Å². The second-order valence-electron chi connectivity index (χ2n) is 2.34. The van der Waals surface area contributed by atoms with Crippen molar-refractivity contribution in [3.8, 4) is 0 Å². The van der Waals surface area contributed by atoms with E-state index in [1.54, 1.807) is 10.9 Å². The zero-order valence-corrected chi connectivity index (χ0v) is 9.82. The molecule has 0 aliphatic rings. The van der Waals surface area contributed by atoms with Gasteiger partial charge in [-0.05, 0) is 0 Å². The molecule has 0 aromatic carbocycles. The highest BCUT2D eigenvalue weighted by atomic mass is 127. The van der Waals surface area contributed by atoms with E-state index in [1.165, 1.54) is 0 Å². The summed E-state index contributed by atoms with van der Waals surface area (Å²) in [6.07, 6.45) is 2.63. The van der Waals surface area contributed by atoms with E-state index < -0.39 is 10.1 Å². The summed E-state index contributed by atoms with van der Waals surface area (Å²) in [6, 6.07) is 0. The maximum absolute atomic E-state index is 10.6. The molecule has 74 valence electrons. The lowest BCUT2D eigenvalue weighted by molar-refractivity contribution is 0.307. The van der Waals surface area contributed by atoms with Crippen molar-refractivity contribution in [3.63, 3.8) is 0 Å². The molecule has 0 N–H and O–H groups in total. The molecule has 0 aliphatic heterocycles. The molecule has 1 aromatic heterocycles. The van der Waals surface area contributed by atoms with Gasteiger partial charge in [-0.25, -0.2) is 4.68 Å². The van der Waals surface area contributed by atoms with Gasteiger partial charge >= 0.3 is 0 Å². The Hall–Kier alpha value is -0.220. The van der Waals surface area contributed by atoms with Gasteiger partial charge in [0, 0.05) is 0 Å². The Morgan fingerprint density at radius 1 is 1.69 bits per heavy atom. The van der Waals surface area contributed by atoms with Crippen molar-refractivity contribution in [1.29, 1.82) is 0 Å². The largest absolute Gasteiger partial charge is 0.264 e. The van der Waals surface area contributed by atoms with Gasteiger partial charge < -0.3 is 0 Å². The molecule has 6 nitrogen and oxygen atoms in total. The smallest absolute Gasteiger partial charge is 0.264 e. The highest BCUT2D eigenvalue weighted by Gasteiger charge is 2.05. The molecule has 0 bridgehead atoms. The van der Waals surface area contributed by atoms with Crippen LogP contribution in [0.1, 0.15) is 5.69 Å². The van der Waals surface area contributed by atoms with Crippen molar-refractivity contribution in [2.45, 2.75) is 11.2 Å². The predicted molar refractivity (Wildman–Crippen MR) is 53.7 cm³/mol. The number of aromatic nitrogens is 3. The molecule has 0 unspecified atom stereocenters. The predicted octanol–water partition coefficient (Wildman–Crippen LogP) is 0.147. The summed E-state index contributed by atoms with van der Waals surface area (Å²) in [4.78, 5) is 0. The SMILES string of the molecule is CS(=O)(=O)OCc1cn(CI)nn1. The van der Waals surface area contributed by atoms with Crippen molar-refractivity contribution in [1.82, 2.24) is 15.0 Å². The number of halogens is 1. The quantitative estimate of drug-likeness (QED) is 0.449. The first-order valence-electron chi connectivity index (χ1n) is 3.30. The highest BCUT2D eigenvalue weighted by Crippen LogP contribution is 2.00. The molecule has 0 amide bonds. The zero-order valence-electron chi connectivity index (χ0n) is 6.84. The van der Waals surface area contributed by atoms with Crippen LogP contribution in [0.4, 0.5) is 0 Å². The standard InChI is InChI=1S/C5H8IN3O3S/c1-13(10,11)12-3-5-2-9(4-6)8-7-5/h2H,3-4H2,1H3. The van der Waals surface area contributed by atoms with E-state index >= 15 is 0 Å². The van der Waals surface area contributed by atoms with E-state index in [9.17, 15) is 8.42 Å². The Kier molecular flexibility index (Phi) is 3.62. The van der Waals surface area contributed by atoms with E-state index in [1.807, 2.05) is 0 Å². The van der Waals surface area contributed by atoms with Gasteiger partial charge in [0.15, 0.2) is 0 Å². The van der Waals surface area contributed by atoms with Crippen LogP contribution >= 0.6 is 22.6 Å². The minimum Gasteiger partial charge on any atom is -0.264 e. The molecule has 0 fully saturated rings. The summed E-state index contributed by atoms with van der Waals surface area (Å²) in [5.41, 5.74) is 0.502. The van der Waals surface area contributed by atoms with Crippen LogP contribution < -0.4 is 0 Å². The van der Waals surface area contributed by atoms with Crippen LogP contribution in [0.25, 0.3) is 0 Å². The second-order valence-corrected chi connectivity index (χ2v) is 4.66. The van der Waals surface area contributed by atoms with Crippen LogP contribution in [0.2, 0.25) is 0 Å². The molecule has 1 aromatic rings. The van der Waals surface area contributed by atoms with Crippen LogP contribution in [0, 0.1) is 0 Å². The molecule has 13 heavy (non-hydrogen) atoms. The van der Waals surface area contributed by atoms with Crippen molar-refractivity contribution < 1.29 is 12.6 Å². The zero-order chi connectivity index (χ0) is 9.90. The third-order valence-corrected chi connectivity index (χ3v) is 2.37. The van der Waals surface area contributed by atoms with Gasteiger partial charge in [0.25, 0.3) is 10.1 Å². The molecule has 0 radical (unpaired) electrons. The average Bonchev–Trinajstić information content (AvgIpc) is 2.47. The Balaban J connectivity index is 2.55. The Labute approximate surface area is 89.5 Å². The summed E-state index contributed by atoms with van der Waals surface area (Å²) >= 11 is 2.11. The molecule has 8 heteroatoms. The van der Waals surface area contributed by atoms with E-state index in [0.29, 0.717) is 10.2 Å². The Bertz CT molecular complexity index is 374. The fourth-order valence-electron chi connectivity index (χ4n) is 0.630. The van der Waals surface area contributed by atoms with E-state index in [4.69, 9.17) is 0 Å². The van der Waals surface area contributed by atoms with E-state index in [0.717, 1.165) is 6.26 Å². The molecular weight excluding hydrogens is 309 g/mol. The van der Waals surface area contributed by atoms with E-state index in [-0.39, 0.29) is 6.61 Å². The maximum atomic E-state index is 10.6. The third kappa shape index (κ3) is 4.00. The topological polar surface area (TPSA) is 74.1 Å². The number of hydrogen-bond acceptors (Lipinski definition) is 5. The van der Waals surface area contributed by atoms with Crippen LogP contribution in [-0.2, 0) is 25.5 Å².